The summed E-state index contributed by atoms with van der Waals surface area (Å²) in [6, 6.07) is 14.8. The zero-order chi connectivity index (χ0) is 21.5. The Balaban J connectivity index is 1.39. The molecule has 152 valence electrons. The molecule has 0 bridgehead atoms. The van der Waals surface area contributed by atoms with Crippen molar-refractivity contribution in [2.24, 2.45) is 0 Å². The van der Waals surface area contributed by atoms with Crippen LogP contribution < -0.4 is 5.73 Å². The monoisotopic (exact) mass is 430 g/mol. The molecule has 1 aliphatic rings. The Morgan fingerprint density at radius 2 is 1.77 bits per heavy atom. The van der Waals surface area contributed by atoms with Crippen LogP contribution in [0.15, 0.2) is 64.5 Å². The van der Waals surface area contributed by atoms with E-state index in [0.717, 1.165) is 4.88 Å². The number of ether oxygens (including phenoxy) is 1. The van der Waals surface area contributed by atoms with Crippen molar-refractivity contribution in [1.29, 1.82) is 0 Å². The number of carbonyl (C=O) groups excluding carboxylic acids is 3. The lowest BCUT2D eigenvalue weighted by molar-refractivity contribution is 0.0465. The third-order valence-electron chi connectivity index (χ3n) is 5.03. The molecule has 0 amide bonds. The lowest BCUT2D eigenvalue weighted by Crippen LogP contribution is -2.24. The molecule has 7 nitrogen and oxygen atoms in total. The van der Waals surface area contributed by atoms with E-state index in [1.54, 1.807) is 30.3 Å². The quantitative estimate of drug-likeness (QED) is 0.337. The Morgan fingerprint density at radius 1 is 1.00 bits per heavy atom. The van der Waals surface area contributed by atoms with Crippen LogP contribution in [0.25, 0.3) is 10.6 Å². The lowest BCUT2D eigenvalue weighted by atomic mass is 9.82. The Hall–Kier alpha value is -4.04. The maximum absolute atomic E-state index is 12.9. The fourth-order valence-electron chi connectivity index (χ4n) is 3.52. The van der Waals surface area contributed by atoms with Crippen molar-refractivity contribution in [3.8, 4) is 10.6 Å². The number of rotatable bonds is 4. The van der Waals surface area contributed by atoms with E-state index in [1.807, 2.05) is 17.5 Å². The van der Waals surface area contributed by atoms with Crippen LogP contribution in [0.4, 0.5) is 5.69 Å². The van der Waals surface area contributed by atoms with E-state index in [2.05, 4.69) is 5.16 Å². The second kappa shape index (κ2) is 7.33. The highest BCUT2D eigenvalue weighted by molar-refractivity contribution is 7.13. The fourth-order valence-corrected chi connectivity index (χ4v) is 4.20. The molecule has 2 aromatic heterocycles. The van der Waals surface area contributed by atoms with Crippen LogP contribution in [0.5, 0.6) is 0 Å². The highest BCUT2D eigenvalue weighted by Gasteiger charge is 2.33. The fraction of sp³-hybridized carbons (Fsp3) is 0.0435. The van der Waals surface area contributed by atoms with Gasteiger partial charge in [-0.25, -0.2) is 4.79 Å². The zero-order valence-electron chi connectivity index (χ0n) is 16.0. The predicted molar refractivity (Wildman–Crippen MR) is 113 cm³/mol. The van der Waals surface area contributed by atoms with Crippen LogP contribution in [0.2, 0.25) is 0 Å². The maximum Gasteiger partial charge on any atom is 0.340 e. The standard InChI is InChI=1S/C23H14N2O5S/c24-20-16(23(28)29-11-12-10-17(30-25-12)18-6-3-9-31-18)8-7-15-19(20)22(27)14-5-2-1-4-13(14)21(15)26/h1-10H,11,24H2. The number of anilines is 1. The van der Waals surface area contributed by atoms with Crippen molar-refractivity contribution >= 4 is 34.6 Å². The number of hydrogen-bond donors (Lipinski definition) is 1. The topological polar surface area (TPSA) is 112 Å². The van der Waals surface area contributed by atoms with Gasteiger partial charge in [-0.15, -0.1) is 11.3 Å². The van der Waals surface area contributed by atoms with E-state index in [0.29, 0.717) is 17.0 Å². The SMILES string of the molecule is Nc1c(C(=O)OCc2cc(-c3cccs3)on2)ccc2c1C(=O)c1ccccc1C2=O. The van der Waals surface area contributed by atoms with Crippen LogP contribution in [-0.4, -0.2) is 22.7 Å². The number of esters is 1. The van der Waals surface area contributed by atoms with E-state index >= 15 is 0 Å². The molecule has 4 aromatic rings. The molecule has 0 fully saturated rings. The average molecular weight is 430 g/mol. The summed E-state index contributed by atoms with van der Waals surface area (Å²) in [6.45, 7) is -0.125. The number of benzene rings is 2. The van der Waals surface area contributed by atoms with Crippen molar-refractivity contribution in [3.05, 3.63) is 93.5 Å². The van der Waals surface area contributed by atoms with Gasteiger partial charge in [0.15, 0.2) is 17.3 Å². The second-order valence-electron chi connectivity index (χ2n) is 6.89. The smallest absolute Gasteiger partial charge is 0.340 e. The minimum atomic E-state index is -0.722. The third-order valence-corrected chi connectivity index (χ3v) is 5.91. The minimum Gasteiger partial charge on any atom is -0.455 e. The number of ketones is 2. The van der Waals surface area contributed by atoms with Crippen LogP contribution in [0.3, 0.4) is 0 Å². The van der Waals surface area contributed by atoms with E-state index < -0.39 is 11.8 Å². The van der Waals surface area contributed by atoms with Gasteiger partial charge in [-0.1, -0.05) is 35.5 Å². The molecule has 31 heavy (non-hydrogen) atoms. The number of nitrogens with zero attached hydrogens (tertiary/aromatic N) is 1. The van der Waals surface area contributed by atoms with Gasteiger partial charge < -0.3 is 15.0 Å². The first-order chi connectivity index (χ1) is 15.0. The second-order valence-corrected chi connectivity index (χ2v) is 7.84. The lowest BCUT2D eigenvalue weighted by Gasteiger charge is -2.20. The minimum absolute atomic E-state index is 0.0151. The Kier molecular flexibility index (Phi) is 4.48. The van der Waals surface area contributed by atoms with E-state index in [4.69, 9.17) is 15.0 Å². The summed E-state index contributed by atoms with van der Waals surface area (Å²) in [5, 5.41) is 5.82. The molecule has 0 atom stereocenters. The summed E-state index contributed by atoms with van der Waals surface area (Å²) in [4.78, 5) is 39.2. The zero-order valence-corrected chi connectivity index (χ0v) is 16.8. The number of aromatic nitrogens is 1. The van der Waals surface area contributed by atoms with Gasteiger partial charge in [0.05, 0.1) is 21.7 Å². The molecular formula is C23H14N2O5S. The average Bonchev–Trinajstić information content (AvgIpc) is 3.47. The summed E-state index contributed by atoms with van der Waals surface area (Å²) in [6.07, 6.45) is 0. The normalized spacial score (nSPS) is 12.4. The number of thiophene rings is 1. The molecule has 0 unspecified atom stereocenters. The van der Waals surface area contributed by atoms with Gasteiger partial charge in [-0.05, 0) is 23.6 Å². The van der Waals surface area contributed by atoms with E-state index in [-0.39, 0.29) is 40.3 Å². The van der Waals surface area contributed by atoms with Gasteiger partial charge in [0, 0.05) is 22.8 Å². The molecule has 0 saturated heterocycles. The van der Waals surface area contributed by atoms with Gasteiger partial charge in [-0.3, -0.25) is 9.59 Å². The van der Waals surface area contributed by atoms with Crippen molar-refractivity contribution in [1.82, 2.24) is 5.16 Å². The molecule has 2 N–H and O–H groups in total. The molecule has 0 saturated carbocycles. The molecule has 0 spiro atoms. The Bertz CT molecular complexity index is 1350. The predicted octanol–water partition coefficient (Wildman–Crippen LogP) is 4.12. The highest BCUT2D eigenvalue weighted by atomic mass is 32.1. The molecule has 5 rings (SSSR count). The summed E-state index contributed by atoms with van der Waals surface area (Å²) >= 11 is 1.50. The molecule has 0 radical (unpaired) electrons. The number of hydrogen-bond acceptors (Lipinski definition) is 8. The van der Waals surface area contributed by atoms with Crippen molar-refractivity contribution in [2.75, 3.05) is 5.73 Å². The van der Waals surface area contributed by atoms with Crippen LogP contribution in [-0.2, 0) is 11.3 Å². The van der Waals surface area contributed by atoms with E-state index in [9.17, 15) is 14.4 Å². The number of nitrogen functional groups attached to an aromatic ring is 1. The van der Waals surface area contributed by atoms with Crippen molar-refractivity contribution in [3.63, 3.8) is 0 Å². The highest BCUT2D eigenvalue weighted by Crippen LogP contribution is 2.33. The summed E-state index contributed by atoms with van der Waals surface area (Å²) < 4.78 is 10.6. The van der Waals surface area contributed by atoms with Gasteiger partial charge in [0.1, 0.15) is 12.3 Å². The van der Waals surface area contributed by atoms with Gasteiger partial charge >= 0.3 is 5.97 Å². The summed E-state index contributed by atoms with van der Waals surface area (Å²) in [5.74, 6) is -0.841. The van der Waals surface area contributed by atoms with Crippen LogP contribution >= 0.6 is 11.3 Å². The van der Waals surface area contributed by atoms with E-state index in [1.165, 1.54) is 23.5 Å². The maximum atomic E-state index is 12.9. The molecule has 1 aliphatic carbocycles. The molecule has 8 heteroatoms. The van der Waals surface area contributed by atoms with Crippen LogP contribution in [0, 0.1) is 0 Å². The largest absolute Gasteiger partial charge is 0.455 e. The number of nitrogens with two attached hydrogens (primary N) is 1. The Morgan fingerprint density at radius 3 is 2.52 bits per heavy atom. The first kappa shape index (κ1) is 19.0. The van der Waals surface area contributed by atoms with Gasteiger partial charge in [-0.2, -0.15) is 0 Å². The first-order valence-corrected chi connectivity index (χ1v) is 10.2. The number of fused-ring (bicyclic) bond motifs is 2. The third kappa shape index (κ3) is 3.13. The summed E-state index contributed by atoms with van der Waals surface area (Å²) in [7, 11) is 0. The molecule has 2 aromatic carbocycles. The van der Waals surface area contributed by atoms with Crippen LogP contribution in [0.1, 0.15) is 47.9 Å². The first-order valence-electron chi connectivity index (χ1n) is 9.32. The van der Waals surface area contributed by atoms with Gasteiger partial charge in [0.25, 0.3) is 0 Å². The molecule has 2 heterocycles. The molecule has 0 aliphatic heterocycles. The Labute approximate surface area is 180 Å². The van der Waals surface area contributed by atoms with Crippen molar-refractivity contribution in [2.45, 2.75) is 6.61 Å². The van der Waals surface area contributed by atoms with Gasteiger partial charge in [0.2, 0.25) is 0 Å². The number of carbonyl (C=O) groups is 3. The summed E-state index contributed by atoms with van der Waals surface area (Å²) in [5.41, 5.74) is 7.31. The van der Waals surface area contributed by atoms with Crippen molar-refractivity contribution < 1.29 is 23.6 Å². The molecular weight excluding hydrogens is 416 g/mol.